The fourth-order valence-corrected chi connectivity index (χ4v) is 5.38. The van der Waals surface area contributed by atoms with Crippen LogP contribution in [-0.4, -0.2) is 28.8 Å². The van der Waals surface area contributed by atoms with Crippen LogP contribution in [0.3, 0.4) is 0 Å². The topological polar surface area (TPSA) is 29.5 Å². The summed E-state index contributed by atoms with van der Waals surface area (Å²) < 4.78 is 6.10. The zero-order valence-electron chi connectivity index (χ0n) is 12.5. The van der Waals surface area contributed by atoms with E-state index in [1.54, 1.807) is 0 Å². The lowest BCUT2D eigenvalue weighted by atomic mass is 9.79. The predicted octanol–water partition coefficient (Wildman–Crippen LogP) is 3.90. The third kappa shape index (κ3) is 2.76. The molecule has 1 spiro atoms. The van der Waals surface area contributed by atoms with E-state index in [2.05, 4.69) is 24.3 Å². The summed E-state index contributed by atoms with van der Waals surface area (Å²) in [6, 6.07) is 8.55. The molecule has 1 aromatic rings. The SMILES string of the molecule is OC(c1ccccc1C1CC1)C1CCOC2(CCSC2)C1. The quantitative estimate of drug-likeness (QED) is 0.918. The summed E-state index contributed by atoms with van der Waals surface area (Å²) >= 11 is 2.00. The third-order valence-corrected chi connectivity index (χ3v) is 6.60. The van der Waals surface area contributed by atoms with Gasteiger partial charge in [-0.05, 0) is 60.8 Å². The van der Waals surface area contributed by atoms with Crippen molar-refractivity contribution >= 4 is 11.8 Å². The highest BCUT2D eigenvalue weighted by Crippen LogP contribution is 2.47. The van der Waals surface area contributed by atoms with Crippen molar-refractivity contribution in [3.8, 4) is 0 Å². The number of thioether (sulfide) groups is 1. The van der Waals surface area contributed by atoms with Crippen LogP contribution in [0.4, 0.5) is 0 Å². The van der Waals surface area contributed by atoms with Crippen LogP contribution >= 0.6 is 11.8 Å². The van der Waals surface area contributed by atoms with Crippen LogP contribution in [0, 0.1) is 5.92 Å². The molecule has 3 unspecified atom stereocenters. The molecule has 0 aromatic heterocycles. The molecule has 2 nitrogen and oxygen atoms in total. The van der Waals surface area contributed by atoms with E-state index >= 15 is 0 Å². The van der Waals surface area contributed by atoms with Crippen molar-refractivity contribution < 1.29 is 9.84 Å². The summed E-state index contributed by atoms with van der Waals surface area (Å²) in [5.74, 6) is 3.38. The zero-order valence-corrected chi connectivity index (χ0v) is 13.3. The molecule has 2 heterocycles. The van der Waals surface area contributed by atoms with Crippen molar-refractivity contribution in [3.63, 3.8) is 0 Å². The largest absolute Gasteiger partial charge is 0.388 e. The molecule has 1 aromatic carbocycles. The molecule has 114 valence electrons. The normalized spacial score (nSPS) is 34.2. The number of rotatable bonds is 3. The number of hydrogen-bond donors (Lipinski definition) is 1. The molecule has 3 heteroatoms. The second-order valence-electron chi connectivity index (χ2n) is 6.93. The van der Waals surface area contributed by atoms with E-state index in [4.69, 9.17) is 4.74 Å². The van der Waals surface area contributed by atoms with E-state index in [-0.39, 0.29) is 11.7 Å². The summed E-state index contributed by atoms with van der Waals surface area (Å²) in [5.41, 5.74) is 2.64. The summed E-state index contributed by atoms with van der Waals surface area (Å²) in [6.45, 7) is 0.813. The second-order valence-corrected chi connectivity index (χ2v) is 8.04. The van der Waals surface area contributed by atoms with Crippen LogP contribution in [-0.2, 0) is 4.74 Å². The lowest BCUT2D eigenvalue weighted by molar-refractivity contribution is -0.102. The second kappa shape index (κ2) is 5.60. The number of aliphatic hydroxyl groups excluding tert-OH is 1. The van der Waals surface area contributed by atoms with Gasteiger partial charge >= 0.3 is 0 Å². The Bertz CT molecular complexity index is 506. The van der Waals surface area contributed by atoms with Crippen LogP contribution < -0.4 is 0 Å². The first kappa shape index (κ1) is 14.1. The third-order valence-electron chi connectivity index (χ3n) is 5.38. The van der Waals surface area contributed by atoms with Gasteiger partial charge in [-0.2, -0.15) is 11.8 Å². The fourth-order valence-electron chi connectivity index (χ4n) is 4.00. The Hall–Kier alpha value is -0.510. The molecule has 21 heavy (non-hydrogen) atoms. The first-order valence-electron chi connectivity index (χ1n) is 8.26. The highest BCUT2D eigenvalue weighted by molar-refractivity contribution is 7.99. The molecule has 3 aliphatic rings. The molecule has 2 saturated heterocycles. The molecule has 0 bridgehead atoms. The number of benzene rings is 1. The van der Waals surface area contributed by atoms with Gasteiger partial charge in [0.25, 0.3) is 0 Å². The molecule has 4 rings (SSSR count). The molecule has 3 atom stereocenters. The van der Waals surface area contributed by atoms with Crippen molar-refractivity contribution in [2.45, 2.75) is 49.7 Å². The monoisotopic (exact) mass is 304 g/mol. The molecule has 2 aliphatic heterocycles. The lowest BCUT2D eigenvalue weighted by Crippen LogP contribution is -2.41. The minimum absolute atomic E-state index is 0.0586. The van der Waals surface area contributed by atoms with Crippen molar-refractivity contribution in [2.75, 3.05) is 18.1 Å². The van der Waals surface area contributed by atoms with Crippen LogP contribution in [0.1, 0.15) is 55.3 Å². The molecule has 0 amide bonds. The van der Waals surface area contributed by atoms with Gasteiger partial charge in [0.05, 0.1) is 11.7 Å². The molecule has 0 radical (unpaired) electrons. The first-order valence-corrected chi connectivity index (χ1v) is 9.41. The highest BCUT2D eigenvalue weighted by Gasteiger charge is 2.43. The van der Waals surface area contributed by atoms with E-state index in [1.165, 1.54) is 29.7 Å². The first-order chi connectivity index (χ1) is 10.3. The standard InChI is InChI=1S/C18H24O2S/c19-17(16-4-2-1-3-15(16)13-5-6-13)14-7-9-20-18(11-14)8-10-21-12-18/h1-4,13-14,17,19H,5-12H2. The summed E-state index contributed by atoms with van der Waals surface area (Å²) in [5, 5.41) is 11.0. The van der Waals surface area contributed by atoms with E-state index in [9.17, 15) is 5.11 Å². The van der Waals surface area contributed by atoms with E-state index in [1.807, 2.05) is 11.8 Å². The van der Waals surface area contributed by atoms with Crippen LogP contribution in [0.15, 0.2) is 24.3 Å². The highest BCUT2D eigenvalue weighted by atomic mass is 32.2. The maximum absolute atomic E-state index is 11.0. The molecule has 1 aliphatic carbocycles. The predicted molar refractivity (Wildman–Crippen MR) is 86.7 cm³/mol. The summed E-state index contributed by atoms with van der Waals surface area (Å²) in [6.07, 6.45) is 5.45. The Kier molecular flexibility index (Phi) is 3.76. The van der Waals surface area contributed by atoms with Crippen LogP contribution in [0.2, 0.25) is 0 Å². The van der Waals surface area contributed by atoms with Gasteiger partial charge in [0, 0.05) is 12.4 Å². The van der Waals surface area contributed by atoms with Crippen LogP contribution in [0.25, 0.3) is 0 Å². The number of hydrogen-bond acceptors (Lipinski definition) is 3. The van der Waals surface area contributed by atoms with E-state index < -0.39 is 0 Å². The Morgan fingerprint density at radius 2 is 2.10 bits per heavy atom. The average molecular weight is 304 g/mol. The Labute approximate surface area is 131 Å². The Morgan fingerprint density at radius 1 is 1.24 bits per heavy atom. The summed E-state index contributed by atoms with van der Waals surface area (Å²) in [7, 11) is 0. The smallest absolute Gasteiger partial charge is 0.0822 e. The van der Waals surface area contributed by atoms with Gasteiger partial charge in [-0.3, -0.25) is 0 Å². The van der Waals surface area contributed by atoms with Gasteiger partial charge < -0.3 is 9.84 Å². The van der Waals surface area contributed by atoms with Crippen molar-refractivity contribution in [1.82, 2.24) is 0 Å². The molecule has 1 saturated carbocycles. The van der Waals surface area contributed by atoms with Gasteiger partial charge in [0.2, 0.25) is 0 Å². The van der Waals surface area contributed by atoms with Gasteiger partial charge in [-0.1, -0.05) is 24.3 Å². The Morgan fingerprint density at radius 3 is 2.86 bits per heavy atom. The van der Waals surface area contributed by atoms with Gasteiger partial charge in [0.15, 0.2) is 0 Å². The lowest BCUT2D eigenvalue weighted by Gasteiger charge is -2.40. The molecule has 3 fully saturated rings. The number of ether oxygens (including phenoxy) is 1. The van der Waals surface area contributed by atoms with Crippen molar-refractivity contribution in [2.24, 2.45) is 5.92 Å². The minimum atomic E-state index is -0.312. The molecular weight excluding hydrogens is 280 g/mol. The average Bonchev–Trinajstić information content (AvgIpc) is 3.29. The van der Waals surface area contributed by atoms with Gasteiger partial charge in [-0.15, -0.1) is 0 Å². The maximum atomic E-state index is 11.0. The molecular formula is C18H24O2S. The summed E-state index contributed by atoms with van der Waals surface area (Å²) in [4.78, 5) is 0. The van der Waals surface area contributed by atoms with E-state index in [0.29, 0.717) is 11.8 Å². The number of aliphatic hydroxyl groups is 1. The van der Waals surface area contributed by atoms with Crippen molar-refractivity contribution in [1.29, 1.82) is 0 Å². The zero-order chi connectivity index (χ0) is 14.3. The maximum Gasteiger partial charge on any atom is 0.0822 e. The molecule has 1 N–H and O–H groups in total. The van der Waals surface area contributed by atoms with Crippen molar-refractivity contribution in [3.05, 3.63) is 35.4 Å². The fraction of sp³-hybridized carbons (Fsp3) is 0.667. The Balaban J connectivity index is 1.55. The minimum Gasteiger partial charge on any atom is -0.388 e. The van der Waals surface area contributed by atoms with Crippen LogP contribution in [0.5, 0.6) is 0 Å². The van der Waals surface area contributed by atoms with E-state index in [0.717, 1.165) is 31.6 Å². The van der Waals surface area contributed by atoms with Gasteiger partial charge in [-0.25, -0.2) is 0 Å². The van der Waals surface area contributed by atoms with Gasteiger partial charge in [0.1, 0.15) is 0 Å².